The van der Waals surface area contributed by atoms with Crippen molar-refractivity contribution in [3.63, 3.8) is 0 Å². The smallest absolute Gasteiger partial charge is 0.268 e. The van der Waals surface area contributed by atoms with E-state index in [9.17, 15) is 10.1 Å². The summed E-state index contributed by atoms with van der Waals surface area (Å²) in [5, 5.41) is 21.2. The number of nitrogens with zero attached hydrogens (tertiary/aromatic N) is 3. The molecule has 7 nitrogen and oxygen atoms in total. The van der Waals surface area contributed by atoms with E-state index in [0.717, 1.165) is 16.3 Å². The van der Waals surface area contributed by atoms with Crippen LogP contribution in [0.25, 0.3) is 6.08 Å². The lowest BCUT2D eigenvalue weighted by molar-refractivity contribution is -0.112. The van der Waals surface area contributed by atoms with Gasteiger partial charge >= 0.3 is 0 Å². The van der Waals surface area contributed by atoms with E-state index in [-0.39, 0.29) is 11.5 Å². The van der Waals surface area contributed by atoms with Crippen molar-refractivity contribution in [1.82, 2.24) is 10.2 Å². The summed E-state index contributed by atoms with van der Waals surface area (Å²) in [4.78, 5) is 12.4. The minimum absolute atomic E-state index is 0.0217. The Morgan fingerprint density at radius 3 is 2.50 bits per heavy atom. The Hall–Kier alpha value is -3.70. The Balaban J connectivity index is 1.53. The highest BCUT2D eigenvalue weighted by atomic mass is 32.1. The van der Waals surface area contributed by atoms with Gasteiger partial charge in [-0.3, -0.25) is 10.1 Å². The van der Waals surface area contributed by atoms with E-state index >= 15 is 0 Å². The summed E-state index contributed by atoms with van der Waals surface area (Å²) < 4.78 is 11.4. The van der Waals surface area contributed by atoms with Crippen LogP contribution in [0.2, 0.25) is 0 Å². The van der Waals surface area contributed by atoms with Crippen molar-refractivity contribution in [3.8, 4) is 17.6 Å². The van der Waals surface area contributed by atoms with Crippen molar-refractivity contribution in [2.45, 2.75) is 26.7 Å². The van der Waals surface area contributed by atoms with Crippen molar-refractivity contribution in [1.29, 1.82) is 5.26 Å². The molecule has 3 rings (SSSR count). The van der Waals surface area contributed by atoms with Crippen LogP contribution in [0.3, 0.4) is 0 Å². The quantitative estimate of drug-likeness (QED) is 0.282. The highest BCUT2D eigenvalue weighted by molar-refractivity contribution is 7.15. The fourth-order valence-corrected chi connectivity index (χ4v) is 3.43. The Kier molecular flexibility index (Phi) is 7.95. The van der Waals surface area contributed by atoms with Crippen LogP contribution < -0.4 is 14.8 Å². The summed E-state index contributed by atoms with van der Waals surface area (Å²) in [7, 11) is 0. The highest BCUT2D eigenvalue weighted by Gasteiger charge is 2.14. The van der Waals surface area contributed by atoms with Crippen LogP contribution in [0.1, 0.15) is 35.9 Å². The number of ether oxygens (including phenoxy) is 2. The van der Waals surface area contributed by atoms with Crippen molar-refractivity contribution >= 4 is 28.5 Å². The van der Waals surface area contributed by atoms with Crippen molar-refractivity contribution in [2.75, 3.05) is 18.5 Å². The molecule has 0 radical (unpaired) electrons. The first kappa shape index (κ1) is 23.0. The maximum atomic E-state index is 12.4. The number of carbonyl (C=O) groups excluding carboxylic acids is 1. The normalized spacial score (nSPS) is 11.2. The molecule has 8 heteroatoms. The van der Waals surface area contributed by atoms with E-state index < -0.39 is 5.91 Å². The molecule has 0 fully saturated rings. The molecule has 1 N–H and O–H groups in total. The third kappa shape index (κ3) is 6.40. The van der Waals surface area contributed by atoms with Gasteiger partial charge < -0.3 is 9.47 Å². The number of rotatable bonds is 9. The molecule has 0 saturated carbocycles. The summed E-state index contributed by atoms with van der Waals surface area (Å²) in [6.45, 7) is 6.81. The van der Waals surface area contributed by atoms with Crippen LogP contribution in [0, 0.1) is 18.3 Å². The summed E-state index contributed by atoms with van der Waals surface area (Å²) in [6.07, 6.45) is 1.52. The molecule has 1 amide bonds. The molecule has 0 bridgehead atoms. The second-order valence-corrected chi connectivity index (χ2v) is 8.26. The maximum Gasteiger partial charge on any atom is 0.268 e. The van der Waals surface area contributed by atoms with Crippen molar-refractivity contribution in [2.24, 2.45) is 0 Å². The maximum absolute atomic E-state index is 12.4. The summed E-state index contributed by atoms with van der Waals surface area (Å²) >= 11 is 1.30. The SMILES string of the molecule is Cc1ccccc1OCCOc1ccc(/C=C(/C#N)C(=O)Nc2nnc(C(C)C)s2)cc1. The number of aryl methyl sites for hydroxylation is 1. The lowest BCUT2D eigenvalue weighted by Crippen LogP contribution is -2.13. The van der Waals surface area contributed by atoms with Crippen molar-refractivity contribution < 1.29 is 14.3 Å². The fraction of sp³-hybridized carbons (Fsp3) is 0.250. The summed E-state index contributed by atoms with van der Waals surface area (Å²) in [5.74, 6) is 1.22. The Bertz CT molecular complexity index is 1130. The largest absolute Gasteiger partial charge is 0.490 e. The second-order valence-electron chi connectivity index (χ2n) is 7.26. The molecule has 0 saturated heterocycles. The summed E-state index contributed by atoms with van der Waals surface area (Å²) in [6, 6.07) is 16.9. The van der Waals surface area contributed by atoms with E-state index in [0.29, 0.717) is 29.7 Å². The van der Waals surface area contributed by atoms with Gasteiger partial charge in [0.1, 0.15) is 41.4 Å². The zero-order valence-corrected chi connectivity index (χ0v) is 19.0. The van der Waals surface area contributed by atoms with Crippen LogP contribution in [0.15, 0.2) is 54.1 Å². The van der Waals surface area contributed by atoms with Crippen LogP contribution in [0.5, 0.6) is 11.5 Å². The average molecular weight is 449 g/mol. The van der Waals surface area contributed by atoms with Gasteiger partial charge in [0, 0.05) is 5.92 Å². The van der Waals surface area contributed by atoms with E-state index in [4.69, 9.17) is 9.47 Å². The standard InChI is InChI=1S/C24H24N4O3S/c1-16(2)23-27-28-24(32-23)26-22(29)19(15-25)14-18-8-10-20(11-9-18)30-12-13-31-21-7-5-4-6-17(21)3/h4-11,14,16H,12-13H2,1-3H3,(H,26,28,29)/b19-14-. The van der Waals surface area contributed by atoms with Crippen LogP contribution in [-0.4, -0.2) is 29.3 Å². The van der Waals surface area contributed by atoms with Gasteiger partial charge in [-0.15, -0.1) is 10.2 Å². The first-order chi connectivity index (χ1) is 15.5. The number of benzene rings is 2. The highest BCUT2D eigenvalue weighted by Crippen LogP contribution is 2.23. The Labute approximate surface area is 191 Å². The molecule has 1 aromatic heterocycles. The lowest BCUT2D eigenvalue weighted by Gasteiger charge is -2.10. The second kappa shape index (κ2) is 11.1. The van der Waals surface area contributed by atoms with Crippen molar-refractivity contribution in [3.05, 3.63) is 70.2 Å². The molecule has 0 atom stereocenters. The minimum atomic E-state index is -0.521. The number of carbonyl (C=O) groups is 1. The lowest BCUT2D eigenvalue weighted by atomic mass is 10.1. The van der Waals surface area contributed by atoms with Gasteiger partial charge in [0.2, 0.25) is 5.13 Å². The number of aromatic nitrogens is 2. The zero-order valence-electron chi connectivity index (χ0n) is 18.2. The monoisotopic (exact) mass is 448 g/mol. The number of para-hydroxylation sites is 1. The molecule has 0 aliphatic carbocycles. The van der Waals surface area contributed by atoms with Gasteiger partial charge in [-0.2, -0.15) is 5.26 Å². The number of amides is 1. The number of nitrogens with one attached hydrogen (secondary N) is 1. The van der Waals surface area contributed by atoms with E-state index in [1.54, 1.807) is 24.3 Å². The van der Waals surface area contributed by atoms with Crippen LogP contribution >= 0.6 is 11.3 Å². The van der Waals surface area contributed by atoms with E-state index in [2.05, 4.69) is 15.5 Å². The number of nitriles is 1. The van der Waals surface area contributed by atoms with Crippen LogP contribution in [-0.2, 0) is 4.79 Å². The molecule has 0 aliphatic heterocycles. The molecule has 0 spiro atoms. The Morgan fingerprint density at radius 2 is 1.84 bits per heavy atom. The van der Waals surface area contributed by atoms with E-state index in [1.807, 2.05) is 51.1 Å². The van der Waals surface area contributed by atoms with Gasteiger partial charge in [0.25, 0.3) is 5.91 Å². The van der Waals surface area contributed by atoms with Gasteiger partial charge in [-0.25, -0.2) is 0 Å². The van der Waals surface area contributed by atoms with Gasteiger partial charge in [-0.05, 0) is 42.3 Å². The third-order valence-electron chi connectivity index (χ3n) is 4.41. The average Bonchev–Trinajstić information content (AvgIpc) is 3.26. The molecular formula is C24H24N4O3S. The molecule has 3 aromatic rings. The summed E-state index contributed by atoms with van der Waals surface area (Å²) in [5.41, 5.74) is 1.76. The molecule has 0 unspecified atom stereocenters. The molecule has 1 heterocycles. The molecule has 32 heavy (non-hydrogen) atoms. The predicted molar refractivity (Wildman–Crippen MR) is 125 cm³/mol. The zero-order chi connectivity index (χ0) is 22.9. The third-order valence-corrected chi connectivity index (χ3v) is 5.55. The number of hydrogen-bond acceptors (Lipinski definition) is 7. The molecule has 2 aromatic carbocycles. The first-order valence-corrected chi connectivity index (χ1v) is 11.0. The van der Waals surface area contributed by atoms with Gasteiger partial charge in [-0.1, -0.05) is 55.5 Å². The first-order valence-electron chi connectivity index (χ1n) is 10.1. The van der Waals surface area contributed by atoms with Crippen LogP contribution in [0.4, 0.5) is 5.13 Å². The number of hydrogen-bond donors (Lipinski definition) is 1. The van der Waals surface area contributed by atoms with E-state index in [1.165, 1.54) is 17.4 Å². The van der Waals surface area contributed by atoms with Gasteiger partial charge in [0.05, 0.1) is 0 Å². The predicted octanol–water partition coefficient (Wildman–Crippen LogP) is 4.97. The molecule has 0 aliphatic rings. The topological polar surface area (TPSA) is 97.1 Å². The fourth-order valence-electron chi connectivity index (χ4n) is 2.69. The molecule has 164 valence electrons. The minimum Gasteiger partial charge on any atom is -0.490 e. The van der Waals surface area contributed by atoms with Gasteiger partial charge in [0.15, 0.2) is 0 Å². The number of anilines is 1. The molecular weight excluding hydrogens is 424 g/mol. The Morgan fingerprint density at radius 1 is 1.12 bits per heavy atom.